The third kappa shape index (κ3) is 3.67. The highest BCUT2D eigenvalue weighted by Gasteiger charge is 2.44. The van der Waals surface area contributed by atoms with Crippen LogP contribution in [0.2, 0.25) is 0 Å². The highest BCUT2D eigenvalue weighted by molar-refractivity contribution is 5.70. The minimum Gasteiger partial charge on any atom is -0.497 e. The third-order valence-electron chi connectivity index (χ3n) is 3.85. The molecule has 2 heterocycles. The van der Waals surface area contributed by atoms with Crippen molar-refractivity contribution in [3.05, 3.63) is 42.0 Å². The Morgan fingerprint density at radius 2 is 2.00 bits per heavy atom. The van der Waals surface area contributed by atoms with Crippen LogP contribution < -0.4 is 4.74 Å². The molecule has 1 aromatic carbocycles. The van der Waals surface area contributed by atoms with Crippen molar-refractivity contribution < 1.29 is 23.7 Å². The Balaban J connectivity index is 1.59. The van der Waals surface area contributed by atoms with Crippen molar-refractivity contribution in [1.82, 2.24) is 0 Å². The molecule has 3 rings (SSSR count). The molecule has 1 aromatic rings. The fourth-order valence-corrected chi connectivity index (χ4v) is 2.50. The Labute approximate surface area is 129 Å². The molecular weight excluding hydrogens is 284 g/mol. The second kappa shape index (κ2) is 6.50. The highest BCUT2D eigenvalue weighted by atomic mass is 16.6. The fourth-order valence-electron chi connectivity index (χ4n) is 2.50. The maximum Gasteiger partial charge on any atom is 0.309 e. The quantitative estimate of drug-likeness (QED) is 0.485. The maximum absolute atomic E-state index is 11.9. The zero-order chi connectivity index (χ0) is 15.5. The Hall–Kier alpha value is -1.85. The molecule has 0 aliphatic carbocycles. The van der Waals surface area contributed by atoms with E-state index in [4.69, 9.17) is 18.9 Å². The lowest BCUT2D eigenvalue weighted by Crippen LogP contribution is -2.23. The summed E-state index contributed by atoms with van der Waals surface area (Å²) >= 11 is 0. The summed E-state index contributed by atoms with van der Waals surface area (Å²) in [7, 11) is 1.63. The number of esters is 1. The van der Waals surface area contributed by atoms with Crippen molar-refractivity contribution >= 4 is 5.97 Å². The van der Waals surface area contributed by atoms with E-state index in [9.17, 15) is 4.79 Å². The van der Waals surface area contributed by atoms with E-state index < -0.39 is 0 Å². The second-order valence-corrected chi connectivity index (χ2v) is 5.55. The number of hydrogen-bond donors (Lipinski definition) is 0. The molecule has 1 fully saturated rings. The summed E-state index contributed by atoms with van der Waals surface area (Å²) in [6.07, 6.45) is 3.59. The lowest BCUT2D eigenvalue weighted by Gasteiger charge is -2.15. The van der Waals surface area contributed by atoms with Crippen LogP contribution in [0.5, 0.6) is 5.75 Å². The van der Waals surface area contributed by atoms with E-state index >= 15 is 0 Å². The third-order valence-corrected chi connectivity index (χ3v) is 3.85. The van der Waals surface area contributed by atoms with Gasteiger partial charge in [0.1, 0.15) is 24.1 Å². The van der Waals surface area contributed by atoms with Gasteiger partial charge in [0.05, 0.1) is 26.2 Å². The average molecular weight is 304 g/mol. The lowest BCUT2D eigenvalue weighted by atomic mass is 10.2. The van der Waals surface area contributed by atoms with E-state index in [1.807, 2.05) is 43.3 Å². The van der Waals surface area contributed by atoms with Crippen LogP contribution in [0.3, 0.4) is 0 Å². The number of benzene rings is 1. The zero-order valence-corrected chi connectivity index (χ0v) is 12.7. The number of carbonyl (C=O) groups excluding carboxylic acids is 1. The van der Waals surface area contributed by atoms with Crippen LogP contribution >= 0.6 is 0 Å². The molecule has 0 aromatic heterocycles. The van der Waals surface area contributed by atoms with Crippen LogP contribution in [0.25, 0.3) is 0 Å². The van der Waals surface area contributed by atoms with Crippen molar-refractivity contribution in [2.24, 2.45) is 0 Å². The smallest absolute Gasteiger partial charge is 0.309 e. The normalized spacial score (nSPS) is 32.0. The minimum atomic E-state index is -0.301. The van der Waals surface area contributed by atoms with Gasteiger partial charge in [-0.15, -0.1) is 0 Å². The summed E-state index contributed by atoms with van der Waals surface area (Å²) in [5.74, 6) is 0.550. The molecule has 22 heavy (non-hydrogen) atoms. The van der Waals surface area contributed by atoms with Gasteiger partial charge in [-0.3, -0.25) is 4.79 Å². The number of ether oxygens (including phenoxy) is 4. The number of hydrogen-bond acceptors (Lipinski definition) is 5. The van der Waals surface area contributed by atoms with E-state index in [1.165, 1.54) is 0 Å². The molecule has 2 aliphatic rings. The fraction of sp³-hybridized carbons (Fsp3) is 0.471. The van der Waals surface area contributed by atoms with Crippen molar-refractivity contribution in [2.45, 2.75) is 44.4 Å². The van der Waals surface area contributed by atoms with Gasteiger partial charge in [-0.25, -0.2) is 0 Å². The van der Waals surface area contributed by atoms with E-state index in [0.717, 1.165) is 11.3 Å². The van der Waals surface area contributed by atoms with E-state index in [0.29, 0.717) is 6.61 Å². The summed E-state index contributed by atoms with van der Waals surface area (Å²) in [6, 6.07) is 7.66. The topological polar surface area (TPSA) is 57.3 Å². The summed E-state index contributed by atoms with van der Waals surface area (Å²) in [5.41, 5.74) is 1.02. The minimum absolute atomic E-state index is 0.0134. The molecule has 0 N–H and O–H groups in total. The summed E-state index contributed by atoms with van der Waals surface area (Å²) < 4.78 is 21.7. The highest BCUT2D eigenvalue weighted by Crippen LogP contribution is 2.30. The number of cyclic esters (lactones) is 1. The maximum atomic E-state index is 11.9. The summed E-state index contributed by atoms with van der Waals surface area (Å²) in [5, 5.41) is 0. The van der Waals surface area contributed by atoms with E-state index in [-0.39, 0.29) is 36.8 Å². The van der Waals surface area contributed by atoms with Gasteiger partial charge in [0.25, 0.3) is 0 Å². The van der Waals surface area contributed by atoms with Crippen molar-refractivity contribution in [2.75, 3.05) is 7.11 Å². The molecule has 5 heteroatoms. The summed E-state index contributed by atoms with van der Waals surface area (Å²) in [4.78, 5) is 11.9. The molecular formula is C17H20O5. The number of fused-ring (bicyclic) bond motifs is 1. The van der Waals surface area contributed by atoms with Crippen LogP contribution in [0.1, 0.15) is 18.9 Å². The van der Waals surface area contributed by atoms with E-state index in [2.05, 4.69) is 0 Å². The van der Waals surface area contributed by atoms with Gasteiger partial charge in [0.15, 0.2) is 0 Å². The molecule has 4 atom stereocenters. The summed E-state index contributed by atoms with van der Waals surface area (Å²) in [6.45, 7) is 2.28. The predicted molar refractivity (Wildman–Crippen MR) is 79.5 cm³/mol. The first-order valence-corrected chi connectivity index (χ1v) is 7.43. The molecule has 0 unspecified atom stereocenters. The lowest BCUT2D eigenvalue weighted by molar-refractivity contribution is -0.151. The number of methoxy groups -OCH3 is 1. The Morgan fingerprint density at radius 1 is 1.23 bits per heavy atom. The van der Waals surface area contributed by atoms with Crippen LogP contribution in [0, 0.1) is 0 Å². The molecule has 0 saturated carbocycles. The predicted octanol–water partition coefficient (Wildman–Crippen LogP) is 2.24. The molecule has 1 saturated heterocycles. The van der Waals surface area contributed by atoms with Crippen LogP contribution in [0.15, 0.2) is 36.4 Å². The zero-order valence-electron chi connectivity index (χ0n) is 12.7. The first kappa shape index (κ1) is 15.1. The number of epoxide rings is 1. The molecule has 118 valence electrons. The molecule has 0 amide bonds. The van der Waals surface area contributed by atoms with Gasteiger partial charge in [0, 0.05) is 0 Å². The Kier molecular flexibility index (Phi) is 4.45. The standard InChI is InChI=1S/C17H20O5/c1-11-17-15(22-17)8-7-14(9-16(18)21-11)20-10-12-3-5-13(19-2)6-4-12/h3-8,11,14-15,17H,9-10H2,1-2H3/b8-7-/t11-,14+,15-,17+/m1/s1. The van der Waals surface area contributed by atoms with Gasteiger partial charge in [-0.2, -0.15) is 0 Å². The SMILES string of the molecule is COc1ccc(CO[C@H]2/C=C\[C@H]3O[C@H]3[C@@H](C)OC(=O)C2)cc1. The molecule has 2 aliphatic heterocycles. The Morgan fingerprint density at radius 3 is 2.73 bits per heavy atom. The van der Waals surface area contributed by atoms with Gasteiger partial charge in [-0.05, 0) is 24.6 Å². The van der Waals surface area contributed by atoms with E-state index in [1.54, 1.807) is 7.11 Å². The second-order valence-electron chi connectivity index (χ2n) is 5.55. The van der Waals surface area contributed by atoms with Crippen LogP contribution in [0.4, 0.5) is 0 Å². The molecule has 0 spiro atoms. The number of carbonyl (C=O) groups is 1. The van der Waals surface area contributed by atoms with Crippen molar-refractivity contribution in [3.63, 3.8) is 0 Å². The number of rotatable bonds is 4. The van der Waals surface area contributed by atoms with Crippen LogP contribution in [-0.2, 0) is 25.6 Å². The monoisotopic (exact) mass is 304 g/mol. The van der Waals surface area contributed by atoms with Gasteiger partial charge in [-0.1, -0.05) is 24.3 Å². The largest absolute Gasteiger partial charge is 0.497 e. The van der Waals surface area contributed by atoms with Crippen LogP contribution in [-0.4, -0.2) is 37.5 Å². The molecule has 0 radical (unpaired) electrons. The first-order chi connectivity index (χ1) is 10.7. The van der Waals surface area contributed by atoms with Crippen molar-refractivity contribution in [3.8, 4) is 5.75 Å². The molecule has 5 nitrogen and oxygen atoms in total. The molecule has 0 bridgehead atoms. The first-order valence-electron chi connectivity index (χ1n) is 7.43. The van der Waals surface area contributed by atoms with Gasteiger partial charge in [0.2, 0.25) is 0 Å². The van der Waals surface area contributed by atoms with Gasteiger partial charge >= 0.3 is 5.97 Å². The van der Waals surface area contributed by atoms with Crippen molar-refractivity contribution in [1.29, 1.82) is 0 Å². The average Bonchev–Trinajstić information content (AvgIpc) is 3.29. The Bertz CT molecular complexity index is 551. The van der Waals surface area contributed by atoms with Gasteiger partial charge < -0.3 is 18.9 Å².